The summed E-state index contributed by atoms with van der Waals surface area (Å²) in [5.41, 5.74) is 3.16. The molecule has 0 fully saturated rings. The van der Waals surface area contributed by atoms with Gasteiger partial charge in [-0.2, -0.15) is 0 Å². The Kier molecular flexibility index (Phi) is 5.40. The van der Waals surface area contributed by atoms with E-state index in [0.29, 0.717) is 23.6 Å². The number of hydrogen-bond acceptors (Lipinski definition) is 4. The number of carbonyl (C=O) groups is 1. The Hall–Kier alpha value is -3.44. The predicted octanol–water partition coefficient (Wildman–Crippen LogP) is 4.53. The molecular weight excluding hydrogens is 362 g/mol. The molecule has 0 saturated heterocycles. The molecule has 1 atom stereocenters. The average molecular weight is 385 g/mol. The van der Waals surface area contributed by atoms with Gasteiger partial charge in [-0.1, -0.05) is 48.5 Å². The van der Waals surface area contributed by atoms with Crippen LogP contribution >= 0.6 is 0 Å². The highest BCUT2D eigenvalue weighted by atomic mass is 16.3. The molecule has 0 spiro atoms. The summed E-state index contributed by atoms with van der Waals surface area (Å²) in [4.78, 5) is 19.9. The number of para-hydroxylation sites is 1. The third-order valence-corrected chi connectivity index (χ3v) is 5.00. The monoisotopic (exact) mass is 385 g/mol. The van der Waals surface area contributed by atoms with Gasteiger partial charge >= 0.3 is 0 Å². The third kappa shape index (κ3) is 4.05. The molecule has 1 N–H and O–H groups in total. The van der Waals surface area contributed by atoms with Crippen LogP contribution in [-0.4, -0.2) is 36.4 Å². The summed E-state index contributed by atoms with van der Waals surface area (Å²) in [5.74, 6) is 0.513. The van der Waals surface area contributed by atoms with E-state index in [1.165, 1.54) is 0 Å². The van der Waals surface area contributed by atoms with E-state index in [-0.39, 0.29) is 11.9 Å². The second-order valence-electron chi connectivity index (χ2n) is 7.15. The highest BCUT2D eigenvalue weighted by Gasteiger charge is 2.18. The van der Waals surface area contributed by atoms with Crippen molar-refractivity contribution in [3.8, 4) is 11.5 Å². The fourth-order valence-corrected chi connectivity index (χ4v) is 3.47. The van der Waals surface area contributed by atoms with Crippen LogP contribution in [0.5, 0.6) is 0 Å². The third-order valence-electron chi connectivity index (χ3n) is 5.00. The number of aromatic nitrogens is 1. The number of nitrogens with one attached hydrogen (secondary N) is 1. The zero-order valence-corrected chi connectivity index (χ0v) is 16.5. The normalized spacial score (nSPS) is 12.2. The van der Waals surface area contributed by atoms with Gasteiger partial charge in [0.05, 0.1) is 23.4 Å². The van der Waals surface area contributed by atoms with Crippen LogP contribution in [0.15, 0.2) is 83.5 Å². The zero-order chi connectivity index (χ0) is 20.2. The summed E-state index contributed by atoms with van der Waals surface area (Å²) >= 11 is 0. The lowest BCUT2D eigenvalue weighted by Crippen LogP contribution is -2.34. The zero-order valence-electron chi connectivity index (χ0n) is 16.5. The van der Waals surface area contributed by atoms with E-state index in [9.17, 15) is 4.79 Å². The van der Waals surface area contributed by atoms with Crippen LogP contribution in [0, 0.1) is 0 Å². The number of likely N-dealkylation sites (N-methyl/N-ethyl adjacent to an activating group) is 1. The van der Waals surface area contributed by atoms with Gasteiger partial charge in [0.2, 0.25) is 0 Å². The number of benzene rings is 2. The maximum Gasteiger partial charge on any atom is 0.252 e. The van der Waals surface area contributed by atoms with Crippen molar-refractivity contribution < 1.29 is 9.21 Å². The van der Waals surface area contributed by atoms with Gasteiger partial charge in [0, 0.05) is 11.9 Å². The van der Waals surface area contributed by atoms with Crippen molar-refractivity contribution in [3.05, 3.63) is 90.2 Å². The molecule has 2 aromatic heterocycles. The molecule has 1 amide bonds. The van der Waals surface area contributed by atoms with Crippen molar-refractivity contribution >= 4 is 16.8 Å². The minimum absolute atomic E-state index is 0.0813. The van der Waals surface area contributed by atoms with Crippen LogP contribution in [0.25, 0.3) is 22.4 Å². The van der Waals surface area contributed by atoms with E-state index in [2.05, 4.69) is 27.3 Å². The van der Waals surface area contributed by atoms with E-state index in [1.54, 1.807) is 12.3 Å². The van der Waals surface area contributed by atoms with Gasteiger partial charge in [0.1, 0.15) is 5.69 Å². The molecule has 146 valence electrons. The fraction of sp³-hybridized carbons (Fsp3) is 0.167. The summed E-state index contributed by atoms with van der Waals surface area (Å²) in [5, 5.41) is 3.93. The molecule has 4 aromatic rings. The van der Waals surface area contributed by atoms with Crippen molar-refractivity contribution in [1.82, 2.24) is 15.2 Å². The lowest BCUT2D eigenvalue weighted by Gasteiger charge is -2.25. The molecule has 2 aromatic carbocycles. The van der Waals surface area contributed by atoms with Crippen molar-refractivity contribution in [2.24, 2.45) is 0 Å². The summed E-state index contributed by atoms with van der Waals surface area (Å²) in [6.07, 6.45) is 1.60. The fourth-order valence-electron chi connectivity index (χ4n) is 3.47. The molecule has 5 nitrogen and oxygen atoms in total. The van der Waals surface area contributed by atoms with Crippen LogP contribution in [0.3, 0.4) is 0 Å². The summed E-state index contributed by atoms with van der Waals surface area (Å²) < 4.78 is 5.49. The van der Waals surface area contributed by atoms with Gasteiger partial charge in [-0.25, -0.2) is 4.98 Å². The maximum atomic E-state index is 13.2. The molecule has 2 heterocycles. The van der Waals surface area contributed by atoms with Gasteiger partial charge in [0.25, 0.3) is 5.91 Å². The Labute approximate surface area is 170 Å². The number of nitrogens with zero attached hydrogens (tertiary/aromatic N) is 2. The number of amides is 1. The highest BCUT2D eigenvalue weighted by Crippen LogP contribution is 2.25. The quantitative estimate of drug-likeness (QED) is 0.530. The molecule has 0 radical (unpaired) electrons. The largest absolute Gasteiger partial charge is 0.463 e. The first-order valence-corrected chi connectivity index (χ1v) is 9.56. The molecule has 0 aliphatic heterocycles. The Morgan fingerprint density at radius 1 is 1.03 bits per heavy atom. The standard InChI is InChI=1S/C24H23N3O2/c1-27(2)22(17-9-4-3-5-10-17)16-25-24(28)19-15-21(23-13-8-14-29-23)26-20-12-7-6-11-18(19)20/h3-15,22H,16H2,1-2H3,(H,25,28)/t22-/m0/s1. The molecule has 0 bridgehead atoms. The number of fused-ring (bicyclic) bond motifs is 1. The minimum atomic E-state index is -0.126. The van der Waals surface area contributed by atoms with Crippen LogP contribution < -0.4 is 5.32 Å². The second kappa shape index (κ2) is 8.29. The average Bonchev–Trinajstić information content (AvgIpc) is 3.28. The van der Waals surface area contributed by atoms with E-state index < -0.39 is 0 Å². The lowest BCUT2D eigenvalue weighted by molar-refractivity contribution is 0.0943. The Balaban J connectivity index is 1.64. The van der Waals surface area contributed by atoms with Crippen LogP contribution in [-0.2, 0) is 0 Å². The van der Waals surface area contributed by atoms with Gasteiger partial charge < -0.3 is 14.6 Å². The number of pyridine rings is 1. The summed E-state index contributed by atoms with van der Waals surface area (Å²) in [7, 11) is 4.03. The molecule has 0 saturated carbocycles. The number of furan rings is 1. The number of rotatable bonds is 6. The Bertz CT molecular complexity index is 1110. The first-order chi connectivity index (χ1) is 14.1. The van der Waals surface area contributed by atoms with Crippen molar-refractivity contribution in [1.29, 1.82) is 0 Å². The van der Waals surface area contributed by atoms with Gasteiger partial charge in [-0.3, -0.25) is 4.79 Å². The molecule has 0 aliphatic rings. The molecule has 0 aliphatic carbocycles. The van der Waals surface area contributed by atoms with Gasteiger partial charge in [-0.15, -0.1) is 0 Å². The molecule has 5 heteroatoms. The molecular formula is C24H23N3O2. The Morgan fingerprint density at radius 3 is 2.52 bits per heavy atom. The predicted molar refractivity (Wildman–Crippen MR) is 115 cm³/mol. The number of hydrogen-bond donors (Lipinski definition) is 1. The first-order valence-electron chi connectivity index (χ1n) is 9.56. The van der Waals surface area contributed by atoms with Crippen molar-refractivity contribution in [2.45, 2.75) is 6.04 Å². The van der Waals surface area contributed by atoms with Gasteiger partial charge in [0.15, 0.2) is 5.76 Å². The van der Waals surface area contributed by atoms with E-state index in [1.807, 2.05) is 68.7 Å². The highest BCUT2D eigenvalue weighted by molar-refractivity contribution is 6.07. The van der Waals surface area contributed by atoms with E-state index in [0.717, 1.165) is 16.5 Å². The van der Waals surface area contributed by atoms with Crippen LogP contribution in [0.4, 0.5) is 0 Å². The van der Waals surface area contributed by atoms with Crippen LogP contribution in [0.1, 0.15) is 22.0 Å². The van der Waals surface area contributed by atoms with Crippen molar-refractivity contribution in [3.63, 3.8) is 0 Å². The maximum absolute atomic E-state index is 13.2. The van der Waals surface area contributed by atoms with Crippen LogP contribution in [0.2, 0.25) is 0 Å². The first kappa shape index (κ1) is 18.9. The smallest absolute Gasteiger partial charge is 0.252 e. The Morgan fingerprint density at radius 2 is 1.79 bits per heavy atom. The lowest BCUT2D eigenvalue weighted by atomic mass is 10.0. The molecule has 0 unspecified atom stereocenters. The van der Waals surface area contributed by atoms with Crippen molar-refractivity contribution in [2.75, 3.05) is 20.6 Å². The van der Waals surface area contributed by atoms with Gasteiger partial charge in [-0.05, 0) is 43.9 Å². The van der Waals surface area contributed by atoms with E-state index in [4.69, 9.17) is 4.42 Å². The second-order valence-corrected chi connectivity index (χ2v) is 7.15. The van der Waals surface area contributed by atoms with E-state index >= 15 is 0 Å². The number of carbonyl (C=O) groups excluding carboxylic acids is 1. The molecule has 4 rings (SSSR count). The summed E-state index contributed by atoms with van der Waals surface area (Å²) in [6, 6.07) is 23.4. The molecule has 29 heavy (non-hydrogen) atoms. The summed E-state index contributed by atoms with van der Waals surface area (Å²) in [6.45, 7) is 0.503. The topological polar surface area (TPSA) is 58.4 Å². The SMILES string of the molecule is CN(C)[C@@H](CNC(=O)c1cc(-c2ccco2)nc2ccccc12)c1ccccc1. The minimum Gasteiger partial charge on any atom is -0.463 e.